The molecule has 0 aromatic heterocycles. The molecule has 136 valence electrons. The molecule has 1 aliphatic heterocycles. The van der Waals surface area contributed by atoms with Gasteiger partial charge in [-0.2, -0.15) is 0 Å². The lowest BCUT2D eigenvalue weighted by Gasteiger charge is -2.34. The minimum Gasteiger partial charge on any atom is -0.493 e. The number of hydrogen-bond donors (Lipinski definition) is 0. The highest BCUT2D eigenvalue weighted by molar-refractivity contribution is 6.40. The van der Waals surface area contributed by atoms with Crippen molar-refractivity contribution in [2.24, 2.45) is 0 Å². The molecule has 1 fully saturated rings. The second-order valence-electron chi connectivity index (χ2n) is 5.85. The predicted octanol–water partition coefficient (Wildman–Crippen LogP) is 2.22. The molecule has 0 N–H and O–H groups in total. The number of carbonyl (C=O) groups excluding carboxylic acids is 2. The van der Waals surface area contributed by atoms with Crippen LogP contribution in [0.4, 0.5) is 10.1 Å². The van der Waals surface area contributed by atoms with Crippen LogP contribution in [0.2, 0.25) is 0 Å². The maximum Gasteiger partial charge on any atom is 0.316 e. The fourth-order valence-corrected chi connectivity index (χ4v) is 2.92. The van der Waals surface area contributed by atoms with Crippen molar-refractivity contribution >= 4 is 17.5 Å². The molecule has 2 aromatic rings. The lowest BCUT2D eigenvalue weighted by molar-refractivity contribution is -0.146. The molecule has 0 unspecified atom stereocenters. The highest BCUT2D eigenvalue weighted by Crippen LogP contribution is 2.32. The summed E-state index contributed by atoms with van der Waals surface area (Å²) in [5.74, 6) is -0.590. The minimum absolute atomic E-state index is 0.197. The average molecular weight is 358 g/mol. The summed E-state index contributed by atoms with van der Waals surface area (Å²) in [7, 11) is 3.03. The Labute approximate surface area is 150 Å². The Bertz CT molecular complexity index is 840. The lowest BCUT2D eigenvalue weighted by atomic mass is 10.1. The van der Waals surface area contributed by atoms with E-state index in [1.54, 1.807) is 30.3 Å². The third-order valence-electron chi connectivity index (χ3n) is 4.25. The Balaban J connectivity index is 1.76. The molecular weight excluding hydrogens is 339 g/mol. The van der Waals surface area contributed by atoms with Crippen molar-refractivity contribution in [2.75, 3.05) is 32.2 Å². The van der Waals surface area contributed by atoms with Crippen molar-refractivity contribution in [1.29, 1.82) is 0 Å². The van der Waals surface area contributed by atoms with Crippen molar-refractivity contribution in [2.45, 2.75) is 6.54 Å². The molecule has 26 heavy (non-hydrogen) atoms. The number of benzene rings is 2. The summed E-state index contributed by atoms with van der Waals surface area (Å²) in [5, 5.41) is 0. The van der Waals surface area contributed by atoms with Crippen LogP contribution in [0.3, 0.4) is 0 Å². The predicted molar refractivity (Wildman–Crippen MR) is 93.7 cm³/mol. The van der Waals surface area contributed by atoms with Crippen molar-refractivity contribution in [3.05, 3.63) is 53.8 Å². The zero-order valence-corrected chi connectivity index (χ0v) is 14.6. The second kappa shape index (κ2) is 7.43. The van der Waals surface area contributed by atoms with Crippen LogP contribution >= 0.6 is 0 Å². The number of ether oxygens (including phenoxy) is 2. The zero-order chi connectivity index (χ0) is 18.7. The Kier molecular flexibility index (Phi) is 5.06. The van der Waals surface area contributed by atoms with Crippen LogP contribution in [0, 0.1) is 5.82 Å². The van der Waals surface area contributed by atoms with E-state index >= 15 is 0 Å². The summed E-state index contributed by atoms with van der Waals surface area (Å²) < 4.78 is 23.7. The third kappa shape index (κ3) is 3.46. The molecule has 0 radical (unpaired) electrons. The van der Waals surface area contributed by atoms with E-state index in [9.17, 15) is 14.0 Å². The number of methoxy groups -OCH3 is 2. The van der Waals surface area contributed by atoms with E-state index in [1.807, 2.05) is 0 Å². The minimum atomic E-state index is -0.625. The first-order chi connectivity index (χ1) is 12.5. The SMILES string of the molecule is COc1ccc(N2CCN(Cc3cccc(F)c3)C(=O)C2=O)cc1OC. The number of piperazine rings is 1. The Morgan fingerprint density at radius 1 is 0.962 bits per heavy atom. The van der Waals surface area contributed by atoms with Gasteiger partial charge in [0.15, 0.2) is 11.5 Å². The topological polar surface area (TPSA) is 59.1 Å². The maximum absolute atomic E-state index is 13.3. The quantitative estimate of drug-likeness (QED) is 0.769. The Hall–Kier alpha value is -3.09. The van der Waals surface area contributed by atoms with Crippen LogP contribution in [0.1, 0.15) is 5.56 Å². The average Bonchev–Trinajstić information content (AvgIpc) is 2.65. The molecule has 1 saturated heterocycles. The lowest BCUT2D eigenvalue weighted by Crippen LogP contribution is -2.54. The number of carbonyl (C=O) groups is 2. The first-order valence-electron chi connectivity index (χ1n) is 8.10. The summed E-state index contributed by atoms with van der Waals surface area (Å²) in [4.78, 5) is 27.8. The van der Waals surface area contributed by atoms with E-state index in [1.165, 1.54) is 36.2 Å². The molecule has 0 aliphatic carbocycles. The molecule has 7 heteroatoms. The van der Waals surface area contributed by atoms with Gasteiger partial charge < -0.3 is 19.3 Å². The van der Waals surface area contributed by atoms with Crippen LogP contribution < -0.4 is 14.4 Å². The highest BCUT2D eigenvalue weighted by atomic mass is 19.1. The van der Waals surface area contributed by atoms with E-state index in [0.717, 1.165) is 0 Å². The van der Waals surface area contributed by atoms with Crippen LogP contribution in [-0.4, -0.2) is 44.0 Å². The fraction of sp³-hybridized carbons (Fsp3) is 0.263. The normalized spacial score (nSPS) is 14.6. The third-order valence-corrected chi connectivity index (χ3v) is 4.25. The van der Waals surface area contributed by atoms with Crippen LogP contribution in [0.5, 0.6) is 11.5 Å². The van der Waals surface area contributed by atoms with Gasteiger partial charge in [-0.15, -0.1) is 0 Å². The number of amides is 2. The largest absolute Gasteiger partial charge is 0.493 e. The molecule has 6 nitrogen and oxygen atoms in total. The van der Waals surface area contributed by atoms with Crippen LogP contribution in [0.15, 0.2) is 42.5 Å². The van der Waals surface area contributed by atoms with E-state index < -0.39 is 11.8 Å². The maximum atomic E-state index is 13.3. The summed E-state index contributed by atoms with van der Waals surface area (Å²) in [6.07, 6.45) is 0. The molecule has 2 aromatic carbocycles. The number of hydrogen-bond acceptors (Lipinski definition) is 4. The van der Waals surface area contributed by atoms with Gasteiger partial charge in [0.25, 0.3) is 0 Å². The number of rotatable bonds is 5. The van der Waals surface area contributed by atoms with Gasteiger partial charge in [0.2, 0.25) is 0 Å². The molecular formula is C19H19FN2O4. The highest BCUT2D eigenvalue weighted by Gasteiger charge is 2.33. The van der Waals surface area contributed by atoms with Crippen molar-refractivity contribution in [1.82, 2.24) is 4.90 Å². The van der Waals surface area contributed by atoms with E-state index in [4.69, 9.17) is 9.47 Å². The Morgan fingerprint density at radius 3 is 2.42 bits per heavy atom. The van der Waals surface area contributed by atoms with Gasteiger partial charge in [-0.25, -0.2) is 4.39 Å². The van der Waals surface area contributed by atoms with Crippen molar-refractivity contribution in [3.63, 3.8) is 0 Å². The van der Waals surface area contributed by atoms with E-state index in [2.05, 4.69) is 0 Å². The van der Waals surface area contributed by atoms with Gasteiger partial charge >= 0.3 is 11.8 Å². The van der Waals surface area contributed by atoms with Crippen LogP contribution in [-0.2, 0) is 16.1 Å². The summed E-state index contributed by atoms with van der Waals surface area (Å²) in [6, 6.07) is 11.0. The molecule has 0 spiro atoms. The first kappa shape index (κ1) is 17.7. The smallest absolute Gasteiger partial charge is 0.316 e. The van der Waals surface area contributed by atoms with Gasteiger partial charge in [0.05, 0.1) is 14.2 Å². The monoisotopic (exact) mass is 358 g/mol. The number of anilines is 1. The fourth-order valence-electron chi connectivity index (χ4n) is 2.92. The van der Waals surface area contributed by atoms with Gasteiger partial charge in [-0.1, -0.05) is 12.1 Å². The van der Waals surface area contributed by atoms with Gasteiger partial charge in [-0.3, -0.25) is 9.59 Å². The second-order valence-corrected chi connectivity index (χ2v) is 5.85. The first-order valence-corrected chi connectivity index (χ1v) is 8.10. The van der Waals surface area contributed by atoms with Crippen LogP contribution in [0.25, 0.3) is 0 Å². The van der Waals surface area contributed by atoms with Gasteiger partial charge in [0.1, 0.15) is 5.82 Å². The van der Waals surface area contributed by atoms with Gasteiger partial charge in [0, 0.05) is 31.4 Å². The number of nitrogens with zero attached hydrogens (tertiary/aromatic N) is 2. The standard InChI is InChI=1S/C19H19FN2O4/c1-25-16-7-6-15(11-17(16)26-2)22-9-8-21(18(23)19(22)24)12-13-4-3-5-14(20)10-13/h3-7,10-11H,8-9,12H2,1-2H3. The molecule has 2 amide bonds. The molecule has 0 bridgehead atoms. The molecule has 3 rings (SSSR count). The van der Waals surface area contributed by atoms with Crippen molar-refractivity contribution < 1.29 is 23.5 Å². The Morgan fingerprint density at radius 2 is 1.73 bits per heavy atom. The van der Waals surface area contributed by atoms with E-state index in [0.29, 0.717) is 35.8 Å². The zero-order valence-electron chi connectivity index (χ0n) is 14.6. The summed E-state index contributed by atoms with van der Waals surface area (Å²) in [6.45, 7) is 0.896. The van der Waals surface area contributed by atoms with E-state index in [-0.39, 0.29) is 12.4 Å². The summed E-state index contributed by atoms with van der Waals surface area (Å²) >= 11 is 0. The van der Waals surface area contributed by atoms with Crippen molar-refractivity contribution in [3.8, 4) is 11.5 Å². The molecule has 1 heterocycles. The molecule has 0 atom stereocenters. The van der Waals surface area contributed by atoms with Gasteiger partial charge in [-0.05, 0) is 29.8 Å². The molecule has 0 saturated carbocycles. The summed E-state index contributed by atoms with van der Waals surface area (Å²) in [5.41, 5.74) is 1.21. The molecule has 1 aliphatic rings. The number of halogens is 1.